The first-order valence-electron chi connectivity index (χ1n) is 4.75. The van der Waals surface area contributed by atoms with Crippen LogP contribution in [0.1, 0.15) is 27.2 Å². The average Bonchev–Trinajstić information content (AvgIpc) is 2.26. The van der Waals surface area contributed by atoms with Crippen LogP contribution in [-0.2, 0) is 9.59 Å². The average molecular weight is 194 g/mol. The van der Waals surface area contributed by atoms with Crippen LogP contribution in [0, 0.1) is 0 Å². The van der Waals surface area contributed by atoms with E-state index in [1.165, 1.54) is 0 Å². The second-order valence-electron chi connectivity index (χ2n) is 2.14. The van der Waals surface area contributed by atoms with Gasteiger partial charge in [-0.1, -0.05) is 51.7 Å². The van der Waals surface area contributed by atoms with Crippen LogP contribution in [0.5, 0.6) is 0 Å². The zero-order valence-electron chi connectivity index (χ0n) is 9.12. The minimum absolute atomic E-state index is 0.314. The second kappa shape index (κ2) is 11.6. The maximum atomic E-state index is 10.9. The topological polar surface area (TPSA) is 34.1 Å². The van der Waals surface area contributed by atoms with Crippen molar-refractivity contribution < 1.29 is 9.59 Å². The molecule has 0 aliphatic carbocycles. The molecule has 14 heavy (non-hydrogen) atoms. The van der Waals surface area contributed by atoms with Crippen LogP contribution < -0.4 is 0 Å². The van der Waals surface area contributed by atoms with Crippen molar-refractivity contribution in [2.45, 2.75) is 27.2 Å². The van der Waals surface area contributed by atoms with Crippen molar-refractivity contribution in [1.82, 2.24) is 0 Å². The summed E-state index contributed by atoms with van der Waals surface area (Å²) >= 11 is 0. The second-order valence-corrected chi connectivity index (χ2v) is 2.14. The molecule has 0 amide bonds. The smallest absolute Gasteiger partial charge is 0.225 e. The molecule has 0 radical (unpaired) electrons. The Kier molecular flexibility index (Phi) is 12.4. The molecule has 0 aromatic carbocycles. The monoisotopic (exact) mass is 194 g/mol. The standard InChI is InChI=1S/C10H12O2.C2H6/c1-3-5-7-9(6-4-2)10(12)8-11;1-2/h3,5-8H,1,4H2,2H3;1-2H3/b7-5-,9-6+;. The van der Waals surface area contributed by atoms with Gasteiger partial charge in [-0.25, -0.2) is 0 Å². The van der Waals surface area contributed by atoms with Gasteiger partial charge >= 0.3 is 0 Å². The quantitative estimate of drug-likeness (QED) is 0.292. The molecule has 78 valence electrons. The van der Waals surface area contributed by atoms with E-state index < -0.39 is 5.78 Å². The number of Topliss-reactive ketones (excluding diaryl/α,β-unsaturated/α-hetero) is 1. The number of carbonyl (C=O) groups excluding carboxylic acids is 2. The summed E-state index contributed by atoms with van der Waals surface area (Å²) in [5, 5.41) is 0. The third-order valence-corrected chi connectivity index (χ3v) is 1.23. The molecule has 0 saturated carbocycles. The number of aldehydes is 1. The first-order chi connectivity index (χ1) is 6.76. The number of ketones is 1. The Morgan fingerprint density at radius 2 is 1.93 bits per heavy atom. The van der Waals surface area contributed by atoms with Gasteiger partial charge in [0.2, 0.25) is 5.78 Å². The fourth-order valence-corrected chi connectivity index (χ4v) is 0.710. The highest BCUT2D eigenvalue weighted by molar-refractivity contribution is 6.34. The van der Waals surface area contributed by atoms with Gasteiger partial charge in [-0.2, -0.15) is 0 Å². The molecule has 0 N–H and O–H groups in total. The van der Waals surface area contributed by atoms with Gasteiger partial charge in [-0.3, -0.25) is 9.59 Å². The zero-order valence-corrected chi connectivity index (χ0v) is 9.12. The summed E-state index contributed by atoms with van der Waals surface area (Å²) in [6, 6.07) is 0. The molecule has 0 heterocycles. The number of carbonyl (C=O) groups is 2. The van der Waals surface area contributed by atoms with Crippen molar-refractivity contribution in [2.24, 2.45) is 0 Å². The molecule has 0 spiro atoms. The molecule has 0 aliphatic rings. The van der Waals surface area contributed by atoms with Crippen LogP contribution in [0.3, 0.4) is 0 Å². The summed E-state index contributed by atoms with van der Waals surface area (Å²) in [7, 11) is 0. The van der Waals surface area contributed by atoms with E-state index in [2.05, 4.69) is 6.58 Å². The van der Waals surface area contributed by atoms with Crippen molar-refractivity contribution in [3.8, 4) is 0 Å². The van der Waals surface area contributed by atoms with E-state index in [4.69, 9.17) is 0 Å². The third kappa shape index (κ3) is 7.22. The lowest BCUT2D eigenvalue weighted by Gasteiger charge is -1.91. The SMILES string of the molecule is C=C/C=C\C(=C/CC)C(=O)C=O.CC. The maximum absolute atomic E-state index is 10.9. The van der Waals surface area contributed by atoms with E-state index in [0.29, 0.717) is 11.9 Å². The molecule has 0 unspecified atom stereocenters. The van der Waals surface area contributed by atoms with Gasteiger partial charge in [-0.05, 0) is 6.42 Å². The summed E-state index contributed by atoms with van der Waals surface area (Å²) in [5.41, 5.74) is 0.424. The van der Waals surface area contributed by atoms with E-state index in [9.17, 15) is 9.59 Å². The Bertz CT molecular complexity index is 235. The van der Waals surface area contributed by atoms with E-state index in [-0.39, 0.29) is 0 Å². The van der Waals surface area contributed by atoms with E-state index >= 15 is 0 Å². The van der Waals surface area contributed by atoms with Crippen LogP contribution in [0.4, 0.5) is 0 Å². The maximum Gasteiger partial charge on any atom is 0.225 e. The summed E-state index contributed by atoms with van der Waals surface area (Å²) < 4.78 is 0. The molecule has 0 aromatic heterocycles. The van der Waals surface area contributed by atoms with Gasteiger partial charge in [0.15, 0.2) is 6.29 Å². The Hall–Kier alpha value is -1.44. The van der Waals surface area contributed by atoms with Gasteiger partial charge in [0.05, 0.1) is 0 Å². The van der Waals surface area contributed by atoms with Crippen LogP contribution >= 0.6 is 0 Å². The summed E-state index contributed by atoms with van der Waals surface area (Å²) in [4.78, 5) is 21.0. The molecule has 0 bridgehead atoms. The van der Waals surface area contributed by atoms with Crippen LogP contribution in [-0.4, -0.2) is 12.1 Å². The molecular formula is C12H18O2. The van der Waals surface area contributed by atoms with E-state index in [1.54, 1.807) is 24.3 Å². The number of hydrogen-bond donors (Lipinski definition) is 0. The van der Waals surface area contributed by atoms with Crippen molar-refractivity contribution >= 4 is 12.1 Å². The normalized spacial score (nSPS) is 10.4. The van der Waals surface area contributed by atoms with Crippen molar-refractivity contribution in [3.05, 3.63) is 36.5 Å². The number of hydrogen-bond acceptors (Lipinski definition) is 2. The van der Waals surface area contributed by atoms with E-state index in [1.807, 2.05) is 20.8 Å². The molecular weight excluding hydrogens is 176 g/mol. The van der Waals surface area contributed by atoms with Gasteiger partial charge in [-0.15, -0.1) is 0 Å². The first kappa shape index (κ1) is 15.1. The highest BCUT2D eigenvalue weighted by Gasteiger charge is 2.01. The molecule has 0 aliphatic heterocycles. The van der Waals surface area contributed by atoms with Gasteiger partial charge in [0.25, 0.3) is 0 Å². The van der Waals surface area contributed by atoms with Gasteiger partial charge in [0.1, 0.15) is 0 Å². The molecule has 0 rings (SSSR count). The number of allylic oxidation sites excluding steroid dienone is 5. The Labute approximate surface area is 86.0 Å². The molecule has 0 aromatic rings. The van der Waals surface area contributed by atoms with Crippen LogP contribution in [0.2, 0.25) is 0 Å². The lowest BCUT2D eigenvalue weighted by atomic mass is 10.1. The number of rotatable bonds is 5. The molecule has 0 atom stereocenters. The van der Waals surface area contributed by atoms with Gasteiger partial charge < -0.3 is 0 Å². The first-order valence-corrected chi connectivity index (χ1v) is 4.75. The summed E-state index contributed by atoms with van der Waals surface area (Å²) in [6.45, 7) is 9.37. The fourth-order valence-electron chi connectivity index (χ4n) is 0.710. The summed E-state index contributed by atoms with van der Waals surface area (Å²) in [5.74, 6) is -0.491. The molecule has 2 heteroatoms. The Balaban J connectivity index is 0. The Morgan fingerprint density at radius 3 is 2.29 bits per heavy atom. The third-order valence-electron chi connectivity index (χ3n) is 1.23. The Morgan fingerprint density at radius 1 is 1.36 bits per heavy atom. The predicted molar refractivity (Wildman–Crippen MR) is 60.1 cm³/mol. The van der Waals surface area contributed by atoms with E-state index in [0.717, 1.165) is 6.42 Å². The van der Waals surface area contributed by atoms with Crippen LogP contribution in [0.15, 0.2) is 36.5 Å². The fraction of sp³-hybridized carbons (Fsp3) is 0.333. The lowest BCUT2D eigenvalue weighted by Crippen LogP contribution is -2.00. The lowest BCUT2D eigenvalue weighted by molar-refractivity contribution is -0.127. The van der Waals surface area contributed by atoms with Crippen molar-refractivity contribution in [2.75, 3.05) is 0 Å². The zero-order chi connectivity index (χ0) is 11.4. The van der Waals surface area contributed by atoms with Crippen LogP contribution in [0.25, 0.3) is 0 Å². The molecule has 0 fully saturated rings. The largest absolute Gasteiger partial charge is 0.294 e. The molecule has 0 saturated heterocycles. The summed E-state index contributed by atoms with van der Waals surface area (Å²) in [6.07, 6.45) is 7.51. The highest BCUT2D eigenvalue weighted by atomic mass is 16.2. The van der Waals surface area contributed by atoms with Crippen molar-refractivity contribution in [1.29, 1.82) is 0 Å². The predicted octanol–water partition coefficient (Wildman–Crippen LogP) is 2.86. The van der Waals surface area contributed by atoms with Crippen molar-refractivity contribution in [3.63, 3.8) is 0 Å². The highest BCUT2D eigenvalue weighted by Crippen LogP contribution is 1.99. The van der Waals surface area contributed by atoms with Gasteiger partial charge in [0, 0.05) is 5.57 Å². The molecule has 2 nitrogen and oxygen atoms in total. The minimum Gasteiger partial charge on any atom is -0.294 e. The minimum atomic E-state index is -0.491.